The van der Waals surface area contributed by atoms with E-state index in [-0.39, 0.29) is 17.7 Å². The standard InChI is InChI=1S/C14H18N2O3/c1-9(2)10-8-15-14(18)16(13(10)17)11-6-4-5-7-12(11)19-3/h4-7,9-10H,8H2,1-3H3,(H,15,18). The third-order valence-electron chi connectivity index (χ3n) is 3.34. The molecule has 1 saturated heterocycles. The quantitative estimate of drug-likeness (QED) is 0.906. The van der Waals surface area contributed by atoms with Gasteiger partial charge in [-0.25, -0.2) is 9.69 Å². The van der Waals surface area contributed by atoms with Crippen molar-refractivity contribution in [2.24, 2.45) is 11.8 Å². The molecular formula is C14H18N2O3. The van der Waals surface area contributed by atoms with Crippen molar-refractivity contribution in [2.75, 3.05) is 18.6 Å². The molecule has 1 atom stereocenters. The van der Waals surface area contributed by atoms with Crippen molar-refractivity contribution in [3.05, 3.63) is 24.3 Å². The van der Waals surface area contributed by atoms with Gasteiger partial charge in [-0.15, -0.1) is 0 Å². The number of benzene rings is 1. The van der Waals surface area contributed by atoms with Gasteiger partial charge in [0.1, 0.15) is 5.75 Å². The fraction of sp³-hybridized carbons (Fsp3) is 0.429. The first-order valence-electron chi connectivity index (χ1n) is 6.31. The van der Waals surface area contributed by atoms with Crippen LogP contribution in [0, 0.1) is 11.8 Å². The number of para-hydroxylation sites is 2. The molecule has 0 aromatic heterocycles. The summed E-state index contributed by atoms with van der Waals surface area (Å²) in [6.07, 6.45) is 0. The second kappa shape index (κ2) is 5.30. The van der Waals surface area contributed by atoms with E-state index in [1.54, 1.807) is 24.3 Å². The Labute approximate surface area is 112 Å². The average molecular weight is 262 g/mol. The number of amides is 3. The summed E-state index contributed by atoms with van der Waals surface area (Å²) in [5.41, 5.74) is 0.484. The zero-order valence-corrected chi connectivity index (χ0v) is 11.3. The van der Waals surface area contributed by atoms with Gasteiger partial charge < -0.3 is 10.1 Å². The van der Waals surface area contributed by atoms with Gasteiger partial charge in [0.25, 0.3) is 0 Å². The highest BCUT2D eigenvalue weighted by Crippen LogP contribution is 2.31. The first-order chi connectivity index (χ1) is 9.06. The Bertz CT molecular complexity index is 499. The summed E-state index contributed by atoms with van der Waals surface area (Å²) in [7, 11) is 1.52. The topological polar surface area (TPSA) is 58.6 Å². The maximum Gasteiger partial charge on any atom is 0.328 e. The number of hydrogen-bond donors (Lipinski definition) is 1. The third kappa shape index (κ3) is 2.41. The zero-order valence-electron chi connectivity index (χ0n) is 11.3. The minimum Gasteiger partial charge on any atom is -0.495 e. The van der Waals surface area contributed by atoms with Crippen LogP contribution in [0.2, 0.25) is 0 Å². The van der Waals surface area contributed by atoms with Crippen molar-refractivity contribution in [3.63, 3.8) is 0 Å². The first-order valence-corrected chi connectivity index (χ1v) is 6.31. The molecule has 2 rings (SSSR count). The van der Waals surface area contributed by atoms with Crippen molar-refractivity contribution in [1.82, 2.24) is 5.32 Å². The minimum absolute atomic E-state index is 0.172. The van der Waals surface area contributed by atoms with E-state index >= 15 is 0 Å². The number of nitrogens with one attached hydrogen (secondary N) is 1. The summed E-state index contributed by atoms with van der Waals surface area (Å²) >= 11 is 0. The van der Waals surface area contributed by atoms with E-state index in [2.05, 4.69) is 5.32 Å². The van der Waals surface area contributed by atoms with Gasteiger partial charge in [-0.2, -0.15) is 0 Å². The van der Waals surface area contributed by atoms with Crippen molar-refractivity contribution in [2.45, 2.75) is 13.8 Å². The molecule has 1 aliphatic heterocycles. The van der Waals surface area contributed by atoms with Gasteiger partial charge in [0, 0.05) is 6.54 Å². The SMILES string of the molecule is COc1ccccc1N1C(=O)NCC(C(C)C)C1=O. The van der Waals surface area contributed by atoms with Gasteiger partial charge in [0.15, 0.2) is 0 Å². The molecule has 0 bridgehead atoms. The number of urea groups is 1. The van der Waals surface area contributed by atoms with Crippen LogP contribution in [0.4, 0.5) is 10.5 Å². The molecule has 1 fully saturated rings. The maximum atomic E-state index is 12.5. The van der Waals surface area contributed by atoms with E-state index in [0.29, 0.717) is 18.0 Å². The van der Waals surface area contributed by atoms with Crippen molar-refractivity contribution in [1.29, 1.82) is 0 Å². The Morgan fingerprint density at radius 2 is 2.00 bits per heavy atom. The van der Waals surface area contributed by atoms with E-state index in [9.17, 15) is 9.59 Å². The molecule has 0 saturated carbocycles. The fourth-order valence-corrected chi connectivity index (χ4v) is 2.19. The maximum absolute atomic E-state index is 12.5. The number of carbonyl (C=O) groups is 2. The summed E-state index contributed by atoms with van der Waals surface area (Å²) in [6.45, 7) is 4.34. The number of nitrogens with zero attached hydrogens (tertiary/aromatic N) is 1. The smallest absolute Gasteiger partial charge is 0.328 e. The van der Waals surface area contributed by atoms with E-state index in [4.69, 9.17) is 4.74 Å². The van der Waals surface area contributed by atoms with Gasteiger partial charge in [-0.1, -0.05) is 26.0 Å². The number of ether oxygens (including phenoxy) is 1. The van der Waals surface area contributed by atoms with Crippen LogP contribution in [0.1, 0.15) is 13.8 Å². The number of rotatable bonds is 3. The van der Waals surface area contributed by atoms with E-state index in [0.717, 1.165) is 0 Å². The lowest BCUT2D eigenvalue weighted by Gasteiger charge is -2.33. The molecule has 1 aromatic rings. The molecule has 0 radical (unpaired) electrons. The van der Waals surface area contributed by atoms with E-state index in [1.165, 1.54) is 12.0 Å². The Kier molecular flexibility index (Phi) is 3.74. The summed E-state index contributed by atoms with van der Waals surface area (Å²) < 4.78 is 5.22. The van der Waals surface area contributed by atoms with Crippen LogP contribution >= 0.6 is 0 Å². The molecule has 1 N–H and O–H groups in total. The highest BCUT2D eigenvalue weighted by molar-refractivity contribution is 6.17. The summed E-state index contributed by atoms with van der Waals surface area (Å²) in [6, 6.07) is 6.62. The molecular weight excluding hydrogens is 244 g/mol. The monoisotopic (exact) mass is 262 g/mol. The molecule has 102 valence electrons. The molecule has 0 aliphatic carbocycles. The Balaban J connectivity index is 2.40. The van der Waals surface area contributed by atoms with Crippen LogP contribution in [0.3, 0.4) is 0 Å². The first kappa shape index (κ1) is 13.4. The van der Waals surface area contributed by atoms with Crippen LogP contribution in [0.15, 0.2) is 24.3 Å². The van der Waals surface area contributed by atoms with Crippen LogP contribution in [-0.2, 0) is 4.79 Å². The predicted octanol–water partition coefficient (Wildman–Crippen LogP) is 2.02. The number of carbonyl (C=O) groups excluding carboxylic acids is 2. The molecule has 1 unspecified atom stereocenters. The van der Waals surface area contributed by atoms with Crippen LogP contribution < -0.4 is 15.0 Å². The molecule has 1 heterocycles. The highest BCUT2D eigenvalue weighted by Gasteiger charge is 2.37. The summed E-state index contributed by atoms with van der Waals surface area (Å²) in [5, 5.41) is 2.75. The van der Waals surface area contributed by atoms with Gasteiger partial charge in [0.05, 0.1) is 18.7 Å². The van der Waals surface area contributed by atoms with Gasteiger partial charge in [-0.3, -0.25) is 4.79 Å². The number of imide groups is 1. The molecule has 0 spiro atoms. The lowest BCUT2D eigenvalue weighted by Crippen LogP contribution is -2.56. The minimum atomic E-state index is -0.397. The average Bonchev–Trinajstić information content (AvgIpc) is 2.39. The number of anilines is 1. The van der Waals surface area contributed by atoms with Crippen molar-refractivity contribution < 1.29 is 14.3 Å². The molecule has 3 amide bonds. The molecule has 1 aliphatic rings. The Morgan fingerprint density at radius 3 is 2.63 bits per heavy atom. The van der Waals surface area contributed by atoms with Crippen molar-refractivity contribution in [3.8, 4) is 5.75 Å². The number of hydrogen-bond acceptors (Lipinski definition) is 3. The van der Waals surface area contributed by atoms with E-state index < -0.39 is 6.03 Å². The Hall–Kier alpha value is -2.04. The lowest BCUT2D eigenvalue weighted by atomic mass is 9.92. The van der Waals surface area contributed by atoms with Gasteiger partial charge in [0.2, 0.25) is 5.91 Å². The normalized spacial score (nSPS) is 19.6. The second-order valence-corrected chi connectivity index (χ2v) is 4.88. The molecule has 1 aromatic carbocycles. The predicted molar refractivity (Wildman–Crippen MR) is 72.2 cm³/mol. The third-order valence-corrected chi connectivity index (χ3v) is 3.34. The summed E-state index contributed by atoms with van der Waals surface area (Å²) in [5.74, 6) is 0.298. The zero-order chi connectivity index (χ0) is 14.0. The summed E-state index contributed by atoms with van der Waals surface area (Å²) in [4.78, 5) is 25.6. The van der Waals surface area contributed by atoms with E-state index in [1.807, 2.05) is 13.8 Å². The number of methoxy groups -OCH3 is 1. The molecule has 19 heavy (non-hydrogen) atoms. The van der Waals surface area contributed by atoms with Crippen molar-refractivity contribution >= 4 is 17.6 Å². The van der Waals surface area contributed by atoms with Gasteiger partial charge >= 0.3 is 6.03 Å². The van der Waals surface area contributed by atoms with Crippen LogP contribution in [-0.4, -0.2) is 25.6 Å². The second-order valence-electron chi connectivity index (χ2n) is 4.88. The molecule has 5 nitrogen and oxygen atoms in total. The van der Waals surface area contributed by atoms with Gasteiger partial charge in [-0.05, 0) is 18.1 Å². The fourth-order valence-electron chi connectivity index (χ4n) is 2.19. The Morgan fingerprint density at radius 1 is 1.32 bits per heavy atom. The highest BCUT2D eigenvalue weighted by atomic mass is 16.5. The van der Waals surface area contributed by atoms with Crippen LogP contribution in [0.25, 0.3) is 0 Å². The molecule has 5 heteroatoms. The lowest BCUT2D eigenvalue weighted by molar-refractivity contribution is -0.123. The largest absolute Gasteiger partial charge is 0.495 e. The van der Waals surface area contributed by atoms with Crippen LogP contribution in [0.5, 0.6) is 5.75 Å².